The van der Waals surface area contributed by atoms with Gasteiger partial charge in [-0.3, -0.25) is 4.79 Å². The van der Waals surface area contributed by atoms with Gasteiger partial charge in [0.1, 0.15) is 0 Å². The minimum Gasteiger partial charge on any atom is -0.478 e. The normalized spacial score (nSPS) is 13.2. The van der Waals surface area contributed by atoms with Crippen molar-refractivity contribution in [2.75, 3.05) is 0 Å². The summed E-state index contributed by atoms with van der Waals surface area (Å²) >= 11 is 6.16. The lowest BCUT2D eigenvalue weighted by atomic mass is 10.0. The molecule has 0 unspecified atom stereocenters. The number of rotatable bonds is 2. The molecule has 0 saturated heterocycles. The summed E-state index contributed by atoms with van der Waals surface area (Å²) in [4.78, 5) is 26.4. The van der Waals surface area contributed by atoms with Crippen molar-refractivity contribution in [3.63, 3.8) is 0 Å². The number of hydrogen-bond donors (Lipinski definition) is 3. The molecule has 3 aromatic rings. The lowest BCUT2D eigenvalue weighted by Crippen LogP contribution is -2.13. The van der Waals surface area contributed by atoms with Crippen molar-refractivity contribution in [1.82, 2.24) is 10.3 Å². The number of H-pyrrole nitrogens is 1. The minimum atomic E-state index is -0.971. The molecule has 5 nitrogen and oxygen atoms in total. The average molecular weight is 327 g/mol. The first-order valence-corrected chi connectivity index (χ1v) is 7.38. The maximum absolute atomic E-state index is 12.1. The number of fused-ring (bicyclic) bond motifs is 2. The van der Waals surface area contributed by atoms with Crippen LogP contribution in [0, 0.1) is 0 Å². The Morgan fingerprint density at radius 2 is 2.00 bits per heavy atom. The van der Waals surface area contributed by atoms with Gasteiger partial charge in [-0.25, -0.2) is 4.79 Å². The number of carboxylic acid groups (broad SMARTS) is 1. The van der Waals surface area contributed by atoms with E-state index in [-0.39, 0.29) is 11.5 Å². The van der Waals surface area contributed by atoms with Gasteiger partial charge in [0.25, 0.3) is 5.91 Å². The number of nitrogens with one attached hydrogen (secondary N) is 2. The van der Waals surface area contributed by atoms with E-state index in [2.05, 4.69) is 10.3 Å². The number of hydrogen-bond acceptors (Lipinski definition) is 2. The summed E-state index contributed by atoms with van der Waals surface area (Å²) in [5.41, 5.74) is 3.91. The second kappa shape index (κ2) is 4.86. The summed E-state index contributed by atoms with van der Waals surface area (Å²) in [5.74, 6) is -1.12. The zero-order valence-corrected chi connectivity index (χ0v) is 12.6. The van der Waals surface area contributed by atoms with Gasteiger partial charge in [-0.05, 0) is 30.3 Å². The van der Waals surface area contributed by atoms with E-state index in [1.165, 1.54) is 0 Å². The zero-order chi connectivity index (χ0) is 16.1. The number of carbonyl (C=O) groups excluding carboxylic acids is 1. The van der Waals surface area contributed by atoms with Crippen molar-refractivity contribution in [3.8, 4) is 11.3 Å². The highest BCUT2D eigenvalue weighted by Crippen LogP contribution is 2.34. The van der Waals surface area contributed by atoms with Crippen molar-refractivity contribution in [3.05, 3.63) is 58.1 Å². The molecule has 0 atom stereocenters. The molecule has 6 heteroatoms. The molecule has 0 saturated carbocycles. The van der Waals surface area contributed by atoms with Gasteiger partial charge < -0.3 is 15.4 Å². The monoisotopic (exact) mass is 326 g/mol. The molecule has 3 N–H and O–H groups in total. The smallest absolute Gasteiger partial charge is 0.335 e. The Balaban J connectivity index is 1.92. The number of aromatic nitrogens is 1. The molecule has 2 heterocycles. The van der Waals surface area contributed by atoms with Crippen LogP contribution < -0.4 is 5.32 Å². The standard InChI is InChI=1S/C17H11ClN2O3/c18-12-3-2-10(15-11(12)7-19-16(15)21)14-6-9-5-8(17(22)23)1-4-13(9)20-14/h1-6,20H,7H2,(H,19,21)(H,22,23). The summed E-state index contributed by atoms with van der Waals surface area (Å²) < 4.78 is 0. The highest BCUT2D eigenvalue weighted by Gasteiger charge is 2.26. The Bertz CT molecular complexity index is 991. The van der Waals surface area contributed by atoms with Crippen LogP contribution in [0.1, 0.15) is 26.3 Å². The molecular weight excluding hydrogens is 316 g/mol. The van der Waals surface area contributed by atoms with Crippen LogP contribution in [0.3, 0.4) is 0 Å². The maximum atomic E-state index is 12.1. The Hall–Kier alpha value is -2.79. The van der Waals surface area contributed by atoms with Gasteiger partial charge in [-0.15, -0.1) is 0 Å². The number of aromatic amines is 1. The molecule has 1 amide bonds. The van der Waals surface area contributed by atoms with Crippen LogP contribution >= 0.6 is 11.6 Å². The van der Waals surface area contributed by atoms with Gasteiger partial charge in [0.15, 0.2) is 0 Å². The lowest BCUT2D eigenvalue weighted by Gasteiger charge is -2.06. The SMILES string of the molecule is O=C(O)c1ccc2[nH]c(-c3ccc(Cl)c4c3C(=O)NC4)cc2c1. The van der Waals surface area contributed by atoms with E-state index in [1.54, 1.807) is 30.3 Å². The van der Waals surface area contributed by atoms with Crippen LogP contribution in [-0.2, 0) is 6.54 Å². The molecule has 1 aliphatic rings. The highest BCUT2D eigenvalue weighted by molar-refractivity contribution is 6.32. The van der Waals surface area contributed by atoms with Crippen LogP contribution in [0.2, 0.25) is 5.02 Å². The first-order chi connectivity index (χ1) is 11.0. The number of carboxylic acids is 1. The van der Waals surface area contributed by atoms with Crippen molar-refractivity contribution >= 4 is 34.4 Å². The molecule has 4 rings (SSSR count). The molecule has 1 aliphatic heterocycles. The third kappa shape index (κ3) is 2.09. The fraction of sp³-hybridized carbons (Fsp3) is 0.0588. The highest BCUT2D eigenvalue weighted by atomic mass is 35.5. The summed E-state index contributed by atoms with van der Waals surface area (Å²) in [6, 6.07) is 10.3. The summed E-state index contributed by atoms with van der Waals surface area (Å²) in [6.45, 7) is 0.421. The van der Waals surface area contributed by atoms with Crippen LogP contribution in [0.25, 0.3) is 22.2 Å². The van der Waals surface area contributed by atoms with Gasteiger partial charge in [0, 0.05) is 39.3 Å². The van der Waals surface area contributed by atoms with E-state index >= 15 is 0 Å². The van der Waals surface area contributed by atoms with Crippen molar-refractivity contribution in [1.29, 1.82) is 0 Å². The number of amides is 1. The van der Waals surface area contributed by atoms with E-state index in [0.717, 1.165) is 27.7 Å². The molecule has 23 heavy (non-hydrogen) atoms. The second-order valence-electron chi connectivity index (χ2n) is 5.42. The molecule has 2 aromatic carbocycles. The molecule has 0 radical (unpaired) electrons. The van der Waals surface area contributed by atoms with E-state index < -0.39 is 5.97 Å². The van der Waals surface area contributed by atoms with Crippen LogP contribution in [-0.4, -0.2) is 22.0 Å². The van der Waals surface area contributed by atoms with Gasteiger partial charge >= 0.3 is 5.97 Å². The third-order valence-electron chi connectivity index (χ3n) is 4.07. The Kier molecular flexibility index (Phi) is 2.92. The van der Waals surface area contributed by atoms with Crippen molar-refractivity contribution < 1.29 is 14.7 Å². The van der Waals surface area contributed by atoms with E-state index in [9.17, 15) is 9.59 Å². The summed E-state index contributed by atoms with van der Waals surface area (Å²) in [7, 11) is 0. The van der Waals surface area contributed by atoms with Gasteiger partial charge in [0.05, 0.1) is 11.1 Å². The first-order valence-electron chi connectivity index (χ1n) is 7.00. The minimum absolute atomic E-state index is 0.151. The van der Waals surface area contributed by atoms with Gasteiger partial charge in [0.2, 0.25) is 0 Å². The first kappa shape index (κ1) is 13.8. The zero-order valence-electron chi connectivity index (χ0n) is 11.8. The second-order valence-corrected chi connectivity index (χ2v) is 5.83. The van der Waals surface area contributed by atoms with E-state index in [1.807, 2.05) is 6.07 Å². The average Bonchev–Trinajstić information content (AvgIpc) is 3.11. The fourth-order valence-electron chi connectivity index (χ4n) is 2.95. The maximum Gasteiger partial charge on any atom is 0.335 e. The Labute approximate surface area is 135 Å². The van der Waals surface area contributed by atoms with E-state index in [0.29, 0.717) is 17.1 Å². The molecule has 0 spiro atoms. The predicted octanol–water partition coefficient (Wildman–Crippen LogP) is 3.43. The lowest BCUT2D eigenvalue weighted by molar-refractivity contribution is 0.0696. The molecule has 0 aliphatic carbocycles. The topological polar surface area (TPSA) is 82.2 Å². The van der Waals surface area contributed by atoms with Crippen molar-refractivity contribution in [2.45, 2.75) is 6.54 Å². The fourth-order valence-corrected chi connectivity index (χ4v) is 3.17. The molecule has 0 bridgehead atoms. The number of carbonyl (C=O) groups is 2. The quantitative estimate of drug-likeness (QED) is 0.674. The van der Waals surface area contributed by atoms with Crippen LogP contribution in [0.4, 0.5) is 0 Å². The number of aromatic carboxylic acids is 1. The Morgan fingerprint density at radius 3 is 2.78 bits per heavy atom. The molecule has 0 fully saturated rings. The van der Waals surface area contributed by atoms with Gasteiger partial charge in [-0.1, -0.05) is 17.7 Å². The molecular formula is C17H11ClN2O3. The van der Waals surface area contributed by atoms with Crippen LogP contribution in [0.5, 0.6) is 0 Å². The Morgan fingerprint density at radius 1 is 1.17 bits per heavy atom. The molecule has 114 valence electrons. The molecule has 1 aromatic heterocycles. The predicted molar refractivity (Wildman–Crippen MR) is 86.9 cm³/mol. The number of halogens is 1. The van der Waals surface area contributed by atoms with Crippen LogP contribution in [0.15, 0.2) is 36.4 Å². The third-order valence-corrected chi connectivity index (χ3v) is 4.42. The largest absolute Gasteiger partial charge is 0.478 e. The van der Waals surface area contributed by atoms with Gasteiger partial charge in [-0.2, -0.15) is 0 Å². The van der Waals surface area contributed by atoms with Crippen molar-refractivity contribution in [2.24, 2.45) is 0 Å². The summed E-state index contributed by atoms with van der Waals surface area (Å²) in [6.07, 6.45) is 0. The number of benzene rings is 2. The van der Waals surface area contributed by atoms with E-state index in [4.69, 9.17) is 16.7 Å². The summed E-state index contributed by atoms with van der Waals surface area (Å²) in [5, 5.41) is 13.2.